The molecule has 2 rings (SSSR count). The maximum atomic E-state index is 13.3. The molecule has 1 heterocycles. The Balaban J connectivity index is 2.14. The van der Waals surface area contributed by atoms with Crippen LogP contribution in [0.15, 0.2) is 18.2 Å². The van der Waals surface area contributed by atoms with E-state index in [-0.39, 0.29) is 5.56 Å². The van der Waals surface area contributed by atoms with Gasteiger partial charge < -0.3 is 5.11 Å². The fraction of sp³-hybridized carbons (Fsp3) is 0.500. The molecule has 1 saturated heterocycles. The molecule has 1 aliphatic rings. The van der Waals surface area contributed by atoms with E-state index in [9.17, 15) is 9.18 Å². The normalized spacial score (nSPS) is 20.2. The van der Waals surface area contributed by atoms with Crippen LogP contribution in [-0.2, 0) is 6.54 Å². The quantitative estimate of drug-likeness (QED) is 0.894. The maximum absolute atomic E-state index is 13.3. The number of rotatable bonds is 4. The smallest absolute Gasteiger partial charge is 0.338 e. The van der Waals surface area contributed by atoms with E-state index >= 15 is 0 Å². The van der Waals surface area contributed by atoms with Gasteiger partial charge in [-0.05, 0) is 43.5 Å². The molecule has 0 spiro atoms. The van der Waals surface area contributed by atoms with Crippen LogP contribution >= 0.6 is 0 Å². The third-order valence-corrected chi connectivity index (χ3v) is 3.62. The Labute approximate surface area is 106 Å². The summed E-state index contributed by atoms with van der Waals surface area (Å²) in [5.74, 6) is -1.87. The monoisotopic (exact) mass is 251 g/mol. The minimum Gasteiger partial charge on any atom is -0.478 e. The van der Waals surface area contributed by atoms with E-state index in [0.717, 1.165) is 18.5 Å². The van der Waals surface area contributed by atoms with E-state index in [2.05, 4.69) is 11.8 Å². The number of carboxylic acids is 1. The molecule has 98 valence electrons. The molecule has 0 saturated carbocycles. The van der Waals surface area contributed by atoms with Gasteiger partial charge in [-0.25, -0.2) is 9.18 Å². The highest BCUT2D eigenvalue weighted by atomic mass is 19.1. The zero-order chi connectivity index (χ0) is 13.1. The lowest BCUT2D eigenvalue weighted by Crippen LogP contribution is -2.28. The highest BCUT2D eigenvalue weighted by Gasteiger charge is 2.23. The molecule has 1 unspecified atom stereocenters. The van der Waals surface area contributed by atoms with Crippen LogP contribution in [-0.4, -0.2) is 28.6 Å². The number of nitrogens with zero attached hydrogens (tertiary/aromatic N) is 1. The Hall–Kier alpha value is -1.42. The second kappa shape index (κ2) is 5.48. The number of hydrogen-bond donors (Lipinski definition) is 1. The maximum Gasteiger partial charge on any atom is 0.338 e. The zero-order valence-corrected chi connectivity index (χ0v) is 10.5. The second-order valence-corrected chi connectivity index (χ2v) is 4.79. The van der Waals surface area contributed by atoms with Crippen molar-refractivity contribution in [2.45, 2.75) is 38.8 Å². The number of carbonyl (C=O) groups is 1. The first kappa shape index (κ1) is 13.0. The molecule has 0 aliphatic carbocycles. The molecule has 1 aromatic carbocycles. The summed E-state index contributed by atoms with van der Waals surface area (Å²) >= 11 is 0. The van der Waals surface area contributed by atoms with Crippen LogP contribution in [0, 0.1) is 5.82 Å². The first-order chi connectivity index (χ1) is 8.61. The van der Waals surface area contributed by atoms with Crippen molar-refractivity contribution >= 4 is 5.97 Å². The first-order valence-corrected chi connectivity index (χ1v) is 6.37. The summed E-state index contributed by atoms with van der Waals surface area (Å²) in [4.78, 5) is 13.2. The lowest BCUT2D eigenvalue weighted by Gasteiger charge is -2.23. The fourth-order valence-corrected chi connectivity index (χ4v) is 2.63. The Morgan fingerprint density at radius 2 is 2.33 bits per heavy atom. The Bertz CT molecular complexity index is 447. The van der Waals surface area contributed by atoms with Crippen LogP contribution in [0.2, 0.25) is 0 Å². The molecule has 1 atom stereocenters. The summed E-state index contributed by atoms with van der Waals surface area (Å²) < 4.78 is 13.3. The lowest BCUT2D eigenvalue weighted by atomic mass is 10.1. The second-order valence-electron chi connectivity index (χ2n) is 4.79. The van der Waals surface area contributed by atoms with Crippen molar-refractivity contribution in [3.05, 3.63) is 35.1 Å². The van der Waals surface area contributed by atoms with Crippen molar-refractivity contribution in [1.82, 2.24) is 4.90 Å². The van der Waals surface area contributed by atoms with Crippen LogP contribution in [0.1, 0.15) is 42.1 Å². The van der Waals surface area contributed by atoms with Gasteiger partial charge in [-0.3, -0.25) is 4.90 Å². The first-order valence-electron chi connectivity index (χ1n) is 6.37. The number of aromatic carboxylic acids is 1. The SMILES string of the molecule is CCC1CCCN1Cc1ccc(F)c(C(=O)O)c1. The highest BCUT2D eigenvalue weighted by Crippen LogP contribution is 2.23. The molecule has 0 radical (unpaired) electrons. The number of benzene rings is 1. The van der Waals surface area contributed by atoms with Crippen LogP contribution in [0.5, 0.6) is 0 Å². The third-order valence-electron chi connectivity index (χ3n) is 3.62. The topological polar surface area (TPSA) is 40.5 Å². The van der Waals surface area contributed by atoms with Gasteiger partial charge in [-0.2, -0.15) is 0 Å². The molecule has 3 nitrogen and oxygen atoms in total. The Morgan fingerprint density at radius 3 is 3.00 bits per heavy atom. The molecule has 0 amide bonds. The fourth-order valence-electron chi connectivity index (χ4n) is 2.63. The van der Waals surface area contributed by atoms with Crippen LogP contribution in [0.4, 0.5) is 4.39 Å². The largest absolute Gasteiger partial charge is 0.478 e. The number of carboxylic acid groups (broad SMARTS) is 1. The Kier molecular flexibility index (Phi) is 3.97. The molecule has 1 fully saturated rings. The van der Waals surface area contributed by atoms with Gasteiger partial charge in [0.25, 0.3) is 0 Å². The standard InChI is InChI=1S/C14H18FNO2/c1-2-11-4-3-7-16(11)9-10-5-6-13(15)12(8-10)14(17)18/h5-6,8,11H,2-4,7,9H2,1H3,(H,17,18). The van der Waals surface area contributed by atoms with E-state index in [0.29, 0.717) is 12.6 Å². The summed E-state index contributed by atoms with van der Waals surface area (Å²) in [5.41, 5.74) is 0.633. The molecular formula is C14H18FNO2. The zero-order valence-electron chi connectivity index (χ0n) is 10.5. The van der Waals surface area contributed by atoms with Crippen molar-refractivity contribution in [3.63, 3.8) is 0 Å². The minimum atomic E-state index is -1.21. The van der Waals surface area contributed by atoms with Crippen LogP contribution < -0.4 is 0 Å². The number of hydrogen-bond acceptors (Lipinski definition) is 2. The summed E-state index contributed by atoms with van der Waals surface area (Å²) in [6.45, 7) is 3.91. The predicted octanol–water partition coefficient (Wildman–Crippen LogP) is 2.90. The van der Waals surface area contributed by atoms with E-state index in [4.69, 9.17) is 5.11 Å². The van der Waals surface area contributed by atoms with Gasteiger partial charge in [0.1, 0.15) is 5.82 Å². The molecule has 4 heteroatoms. The number of likely N-dealkylation sites (tertiary alicyclic amines) is 1. The lowest BCUT2D eigenvalue weighted by molar-refractivity contribution is 0.0691. The van der Waals surface area contributed by atoms with Crippen molar-refractivity contribution < 1.29 is 14.3 Å². The minimum absolute atomic E-state index is 0.236. The van der Waals surface area contributed by atoms with Gasteiger partial charge in [0.05, 0.1) is 5.56 Å². The van der Waals surface area contributed by atoms with Gasteiger partial charge >= 0.3 is 5.97 Å². The number of halogens is 1. The summed E-state index contributed by atoms with van der Waals surface area (Å²) in [7, 11) is 0. The average Bonchev–Trinajstić information content (AvgIpc) is 2.78. The van der Waals surface area contributed by atoms with Gasteiger partial charge in [-0.1, -0.05) is 13.0 Å². The van der Waals surface area contributed by atoms with Gasteiger partial charge in [0.2, 0.25) is 0 Å². The van der Waals surface area contributed by atoms with Gasteiger partial charge in [0, 0.05) is 12.6 Å². The molecule has 1 aliphatic heterocycles. The molecular weight excluding hydrogens is 233 g/mol. The van der Waals surface area contributed by atoms with E-state index in [1.165, 1.54) is 25.0 Å². The summed E-state index contributed by atoms with van der Waals surface area (Å²) in [6.07, 6.45) is 3.49. The third kappa shape index (κ3) is 2.70. The van der Waals surface area contributed by atoms with E-state index in [1.807, 2.05) is 0 Å². The van der Waals surface area contributed by atoms with Gasteiger partial charge in [0.15, 0.2) is 0 Å². The summed E-state index contributed by atoms with van der Waals surface area (Å²) in [5, 5.41) is 8.90. The van der Waals surface area contributed by atoms with Gasteiger partial charge in [-0.15, -0.1) is 0 Å². The van der Waals surface area contributed by atoms with Crippen LogP contribution in [0.3, 0.4) is 0 Å². The highest BCUT2D eigenvalue weighted by molar-refractivity contribution is 5.88. The van der Waals surface area contributed by atoms with Crippen molar-refractivity contribution in [3.8, 4) is 0 Å². The summed E-state index contributed by atoms with van der Waals surface area (Å²) in [6, 6.07) is 4.94. The van der Waals surface area contributed by atoms with Crippen molar-refractivity contribution in [2.24, 2.45) is 0 Å². The predicted molar refractivity (Wildman–Crippen MR) is 67.1 cm³/mol. The van der Waals surface area contributed by atoms with E-state index < -0.39 is 11.8 Å². The van der Waals surface area contributed by atoms with E-state index in [1.54, 1.807) is 6.07 Å². The van der Waals surface area contributed by atoms with Crippen molar-refractivity contribution in [2.75, 3.05) is 6.54 Å². The molecule has 0 bridgehead atoms. The van der Waals surface area contributed by atoms with Crippen molar-refractivity contribution in [1.29, 1.82) is 0 Å². The van der Waals surface area contributed by atoms with Crippen LogP contribution in [0.25, 0.3) is 0 Å². The molecule has 1 N–H and O–H groups in total. The molecule has 1 aromatic rings. The molecule has 18 heavy (non-hydrogen) atoms. The average molecular weight is 251 g/mol. The Morgan fingerprint density at radius 1 is 1.56 bits per heavy atom. The molecule has 0 aromatic heterocycles.